The first-order valence-corrected chi connectivity index (χ1v) is 9.85. The highest BCUT2D eigenvalue weighted by molar-refractivity contribution is 5.43. The van der Waals surface area contributed by atoms with Gasteiger partial charge in [-0.05, 0) is 64.3 Å². The molecule has 2 aromatic carbocycles. The molecular weight excluding hydrogens is 361 g/mol. The van der Waals surface area contributed by atoms with E-state index in [1.54, 1.807) is 12.1 Å². The molecule has 1 nitrogen and oxygen atoms in total. The predicted molar refractivity (Wildman–Crippen MR) is 107 cm³/mol. The van der Waals surface area contributed by atoms with Crippen LogP contribution in [-0.4, -0.2) is 6.36 Å². The van der Waals surface area contributed by atoms with Gasteiger partial charge in [-0.15, -0.1) is 13.2 Å². The molecule has 0 aliphatic heterocycles. The van der Waals surface area contributed by atoms with E-state index in [4.69, 9.17) is 0 Å². The van der Waals surface area contributed by atoms with Crippen LogP contribution in [0.4, 0.5) is 13.2 Å². The molecule has 3 rings (SSSR count). The highest BCUT2D eigenvalue weighted by atomic mass is 19.4. The fraction of sp³-hybridized carbons (Fsp3) is 0.500. The molecule has 0 N–H and O–H groups in total. The molecule has 0 aromatic heterocycles. The third-order valence-electron chi connectivity index (χ3n) is 5.47. The van der Waals surface area contributed by atoms with E-state index in [1.165, 1.54) is 24.0 Å². The van der Waals surface area contributed by atoms with Crippen molar-refractivity contribution in [3.8, 4) is 5.75 Å². The summed E-state index contributed by atoms with van der Waals surface area (Å²) in [5.41, 5.74) is 3.34. The van der Waals surface area contributed by atoms with Crippen LogP contribution in [0, 0.1) is 0 Å². The molecule has 4 heteroatoms. The molecule has 0 radical (unpaired) electrons. The molecule has 1 aliphatic rings. The minimum atomic E-state index is -4.70. The fourth-order valence-electron chi connectivity index (χ4n) is 3.74. The Morgan fingerprint density at radius 2 is 1.50 bits per heavy atom. The molecule has 1 aliphatic carbocycles. The number of ether oxygens (including phenoxy) is 1. The summed E-state index contributed by atoms with van der Waals surface area (Å²) in [7, 11) is 0. The van der Waals surface area contributed by atoms with Crippen molar-refractivity contribution in [2.45, 2.75) is 77.0 Å². The quantitative estimate of drug-likeness (QED) is 0.521. The molecule has 0 saturated heterocycles. The van der Waals surface area contributed by atoms with Gasteiger partial charge in [0.05, 0.1) is 0 Å². The summed E-state index contributed by atoms with van der Waals surface area (Å²) in [4.78, 5) is 0. The van der Waals surface area contributed by atoms with Gasteiger partial charge in [0.1, 0.15) is 5.75 Å². The molecule has 0 bridgehead atoms. The molecular formula is C24H29F3O. The summed E-state index contributed by atoms with van der Waals surface area (Å²) in [5, 5.41) is 0. The number of hydrogen-bond acceptors (Lipinski definition) is 1. The number of rotatable bonds is 5. The van der Waals surface area contributed by atoms with Gasteiger partial charge in [0.15, 0.2) is 0 Å². The lowest BCUT2D eigenvalue weighted by atomic mass is 9.78. The smallest absolute Gasteiger partial charge is 0.405 e. The van der Waals surface area contributed by atoms with Gasteiger partial charge in [-0.3, -0.25) is 0 Å². The minimum Gasteiger partial charge on any atom is -0.405 e. The summed E-state index contributed by atoms with van der Waals surface area (Å²) < 4.78 is 43.2. The van der Waals surface area contributed by atoms with E-state index in [2.05, 4.69) is 42.8 Å². The first kappa shape index (κ1) is 20.8. The Morgan fingerprint density at radius 1 is 0.893 bits per heavy atom. The van der Waals surface area contributed by atoms with Crippen LogP contribution < -0.4 is 4.74 Å². The molecule has 0 heterocycles. The molecule has 1 saturated carbocycles. The first-order valence-electron chi connectivity index (χ1n) is 9.85. The van der Waals surface area contributed by atoms with Gasteiger partial charge in [-0.25, -0.2) is 0 Å². The third-order valence-corrected chi connectivity index (χ3v) is 5.47. The topological polar surface area (TPSA) is 9.23 Å². The highest BCUT2D eigenvalue weighted by Gasteiger charge is 2.34. The summed E-state index contributed by atoms with van der Waals surface area (Å²) in [6.07, 6.45) is -1.53. The summed E-state index contributed by atoms with van der Waals surface area (Å²) >= 11 is 0. The lowest BCUT2D eigenvalue weighted by Crippen LogP contribution is -2.23. The zero-order chi connectivity index (χ0) is 20.7. The number of benzene rings is 2. The van der Waals surface area contributed by atoms with Crippen molar-refractivity contribution >= 4 is 0 Å². The van der Waals surface area contributed by atoms with Crippen LogP contribution in [0.15, 0.2) is 42.5 Å². The lowest BCUT2D eigenvalue weighted by Gasteiger charge is -2.28. The third kappa shape index (κ3) is 5.09. The van der Waals surface area contributed by atoms with E-state index >= 15 is 0 Å². The van der Waals surface area contributed by atoms with E-state index in [-0.39, 0.29) is 11.2 Å². The van der Waals surface area contributed by atoms with Gasteiger partial charge in [-0.2, -0.15) is 0 Å². The van der Waals surface area contributed by atoms with Crippen molar-refractivity contribution in [1.29, 1.82) is 0 Å². The van der Waals surface area contributed by atoms with Crippen LogP contribution >= 0.6 is 0 Å². The number of alkyl halides is 3. The van der Waals surface area contributed by atoms with Gasteiger partial charge in [0.25, 0.3) is 0 Å². The van der Waals surface area contributed by atoms with Gasteiger partial charge in [-0.1, -0.05) is 71.0 Å². The van der Waals surface area contributed by atoms with Gasteiger partial charge in [0, 0.05) is 0 Å². The normalized spacial score (nSPS) is 15.6. The van der Waals surface area contributed by atoms with Crippen molar-refractivity contribution < 1.29 is 17.9 Å². The minimum absolute atomic E-state index is 0.0996. The number of hydrogen-bond donors (Lipinski definition) is 0. The van der Waals surface area contributed by atoms with Crippen LogP contribution in [0.1, 0.15) is 75.6 Å². The van der Waals surface area contributed by atoms with Crippen LogP contribution in [-0.2, 0) is 17.3 Å². The molecule has 0 atom stereocenters. The Morgan fingerprint density at radius 3 is 2.00 bits per heavy atom. The average Bonchev–Trinajstić information content (AvgIpc) is 3.37. The standard InChI is InChI=1S/C24H29F3O/c1-22(2,3)20-13-6-16(14-21(20)28-24(25,26)27)15-23(4,5)19-11-9-18(10-12-19)17-7-8-17/h6,9-14,17H,7-8,15H2,1-5H3. The van der Waals surface area contributed by atoms with Crippen LogP contribution in [0.2, 0.25) is 0 Å². The lowest BCUT2D eigenvalue weighted by molar-refractivity contribution is -0.275. The summed E-state index contributed by atoms with van der Waals surface area (Å²) in [6, 6.07) is 13.9. The Balaban J connectivity index is 1.86. The second kappa shape index (κ2) is 7.13. The average molecular weight is 390 g/mol. The number of halogens is 3. The van der Waals surface area contributed by atoms with Gasteiger partial charge in [0.2, 0.25) is 0 Å². The molecule has 0 unspecified atom stereocenters. The molecule has 0 amide bonds. The highest BCUT2D eigenvalue weighted by Crippen LogP contribution is 2.41. The SMILES string of the molecule is CC(C)(C)c1ccc(CC(C)(C)c2ccc(C3CC3)cc2)cc1OC(F)(F)F. The molecule has 28 heavy (non-hydrogen) atoms. The van der Waals surface area contributed by atoms with Gasteiger partial charge >= 0.3 is 6.36 Å². The summed E-state index contributed by atoms with van der Waals surface area (Å²) in [5.74, 6) is 0.613. The van der Waals surface area contributed by atoms with Crippen molar-refractivity contribution in [2.75, 3.05) is 0 Å². The van der Waals surface area contributed by atoms with E-state index in [0.717, 1.165) is 5.56 Å². The molecule has 2 aromatic rings. The molecule has 0 spiro atoms. The van der Waals surface area contributed by atoms with E-state index in [0.29, 0.717) is 17.9 Å². The fourth-order valence-corrected chi connectivity index (χ4v) is 3.74. The first-order chi connectivity index (χ1) is 12.9. The van der Waals surface area contributed by atoms with Crippen molar-refractivity contribution in [3.63, 3.8) is 0 Å². The second-order valence-electron chi connectivity index (χ2n) is 9.59. The van der Waals surface area contributed by atoms with Crippen LogP contribution in [0.5, 0.6) is 5.75 Å². The second-order valence-corrected chi connectivity index (χ2v) is 9.59. The predicted octanol–water partition coefficient (Wildman–Crippen LogP) is 7.28. The maximum atomic E-state index is 12.9. The maximum Gasteiger partial charge on any atom is 0.573 e. The van der Waals surface area contributed by atoms with E-state index < -0.39 is 11.8 Å². The molecule has 152 valence electrons. The van der Waals surface area contributed by atoms with Crippen molar-refractivity contribution in [3.05, 3.63) is 64.7 Å². The zero-order valence-electron chi connectivity index (χ0n) is 17.3. The Labute approximate surface area is 165 Å². The monoisotopic (exact) mass is 390 g/mol. The largest absolute Gasteiger partial charge is 0.573 e. The molecule has 1 fully saturated rings. The van der Waals surface area contributed by atoms with Crippen molar-refractivity contribution in [1.82, 2.24) is 0 Å². The summed E-state index contributed by atoms with van der Waals surface area (Å²) in [6.45, 7) is 9.91. The van der Waals surface area contributed by atoms with Crippen LogP contribution in [0.25, 0.3) is 0 Å². The Bertz CT molecular complexity index is 822. The van der Waals surface area contributed by atoms with Crippen LogP contribution in [0.3, 0.4) is 0 Å². The Kier molecular flexibility index (Phi) is 5.28. The van der Waals surface area contributed by atoms with E-state index in [1.807, 2.05) is 26.8 Å². The Hall–Kier alpha value is -1.97. The maximum absolute atomic E-state index is 12.9. The van der Waals surface area contributed by atoms with Crippen molar-refractivity contribution in [2.24, 2.45) is 0 Å². The van der Waals surface area contributed by atoms with Gasteiger partial charge < -0.3 is 4.74 Å². The zero-order valence-corrected chi connectivity index (χ0v) is 17.3. The van der Waals surface area contributed by atoms with E-state index in [9.17, 15) is 13.2 Å².